The number of nitriles is 1. The molecule has 1 atom stereocenters. The Hall–Kier alpha value is -1.82. The van der Waals surface area contributed by atoms with Crippen molar-refractivity contribution in [1.82, 2.24) is 4.90 Å². The molecular formula is C14H16N2O. The van der Waals surface area contributed by atoms with E-state index in [4.69, 9.17) is 5.26 Å². The first kappa shape index (κ1) is 11.7. The molecule has 0 radical (unpaired) electrons. The number of fused-ring (bicyclic) bond motifs is 1. The van der Waals surface area contributed by atoms with Crippen LogP contribution in [0.25, 0.3) is 0 Å². The van der Waals surface area contributed by atoms with Crippen molar-refractivity contribution in [1.29, 1.82) is 5.26 Å². The van der Waals surface area contributed by atoms with Crippen LogP contribution in [0.15, 0.2) is 24.3 Å². The first-order valence-corrected chi connectivity index (χ1v) is 5.88. The lowest BCUT2D eigenvalue weighted by Crippen LogP contribution is -2.33. The highest BCUT2D eigenvalue weighted by Crippen LogP contribution is 2.25. The van der Waals surface area contributed by atoms with E-state index in [1.807, 2.05) is 38.1 Å². The predicted molar refractivity (Wildman–Crippen MR) is 64.6 cm³/mol. The van der Waals surface area contributed by atoms with Crippen LogP contribution >= 0.6 is 0 Å². The zero-order valence-corrected chi connectivity index (χ0v) is 10.2. The maximum absolute atomic E-state index is 12.2. The number of carbonyl (C=O) groups excluding carboxylic acids is 1. The summed E-state index contributed by atoms with van der Waals surface area (Å²) in [4.78, 5) is 14.0. The molecule has 1 unspecified atom stereocenters. The second-order valence-electron chi connectivity index (χ2n) is 4.81. The number of amides is 1. The summed E-state index contributed by atoms with van der Waals surface area (Å²) in [6, 6.07) is 10.2. The maximum Gasteiger partial charge on any atom is 0.240 e. The monoisotopic (exact) mass is 228 g/mol. The smallest absolute Gasteiger partial charge is 0.240 e. The largest absolute Gasteiger partial charge is 0.333 e. The van der Waals surface area contributed by atoms with E-state index in [1.54, 1.807) is 4.90 Å². The molecular weight excluding hydrogens is 212 g/mol. The van der Waals surface area contributed by atoms with Gasteiger partial charge in [-0.1, -0.05) is 38.1 Å². The molecule has 17 heavy (non-hydrogen) atoms. The van der Waals surface area contributed by atoms with Crippen LogP contribution in [0.5, 0.6) is 0 Å². The Labute approximate surface area is 102 Å². The summed E-state index contributed by atoms with van der Waals surface area (Å²) in [6.45, 7) is 5.10. The van der Waals surface area contributed by atoms with Gasteiger partial charge in [0.15, 0.2) is 0 Å². The molecule has 0 fully saturated rings. The standard InChI is InChI=1S/C14H16N2O/c1-10(2)13(7-15)14(17)16-8-11-5-3-4-6-12(11)9-16/h3-6,10,13H,8-9H2,1-2H3. The van der Waals surface area contributed by atoms with E-state index in [2.05, 4.69) is 6.07 Å². The van der Waals surface area contributed by atoms with Gasteiger partial charge in [0.1, 0.15) is 5.92 Å². The molecule has 3 heteroatoms. The molecule has 1 aromatic carbocycles. The Bertz CT molecular complexity index is 448. The Kier molecular flexibility index (Phi) is 3.14. The lowest BCUT2D eigenvalue weighted by molar-refractivity contribution is -0.135. The van der Waals surface area contributed by atoms with Gasteiger partial charge in [-0.05, 0) is 17.0 Å². The van der Waals surface area contributed by atoms with Gasteiger partial charge in [0, 0.05) is 13.1 Å². The molecule has 0 bridgehead atoms. The Morgan fingerprint density at radius 2 is 1.82 bits per heavy atom. The minimum Gasteiger partial charge on any atom is -0.333 e. The van der Waals surface area contributed by atoms with Gasteiger partial charge in [-0.2, -0.15) is 5.26 Å². The maximum atomic E-state index is 12.2. The van der Waals surface area contributed by atoms with Crippen LogP contribution < -0.4 is 0 Å². The van der Waals surface area contributed by atoms with Crippen molar-refractivity contribution in [2.45, 2.75) is 26.9 Å². The number of rotatable bonds is 2. The van der Waals surface area contributed by atoms with Gasteiger partial charge in [-0.3, -0.25) is 4.79 Å². The van der Waals surface area contributed by atoms with Crippen molar-refractivity contribution in [3.05, 3.63) is 35.4 Å². The third-order valence-corrected chi connectivity index (χ3v) is 3.22. The minimum atomic E-state index is -0.524. The molecule has 0 N–H and O–H groups in total. The predicted octanol–water partition coefficient (Wildman–Crippen LogP) is 2.32. The third-order valence-electron chi connectivity index (χ3n) is 3.22. The van der Waals surface area contributed by atoms with E-state index in [0.29, 0.717) is 13.1 Å². The van der Waals surface area contributed by atoms with E-state index in [1.165, 1.54) is 11.1 Å². The van der Waals surface area contributed by atoms with Crippen LogP contribution in [0.3, 0.4) is 0 Å². The zero-order chi connectivity index (χ0) is 12.4. The molecule has 0 saturated carbocycles. The fourth-order valence-corrected chi connectivity index (χ4v) is 2.18. The van der Waals surface area contributed by atoms with E-state index in [0.717, 1.165) is 0 Å². The average molecular weight is 228 g/mol. The summed E-state index contributed by atoms with van der Waals surface area (Å²) in [5.41, 5.74) is 2.39. The highest BCUT2D eigenvalue weighted by atomic mass is 16.2. The van der Waals surface area contributed by atoms with E-state index >= 15 is 0 Å². The van der Waals surface area contributed by atoms with Crippen molar-refractivity contribution in [2.75, 3.05) is 0 Å². The SMILES string of the molecule is CC(C)C(C#N)C(=O)N1Cc2ccccc2C1. The number of nitrogens with zero attached hydrogens (tertiary/aromatic N) is 2. The van der Waals surface area contributed by atoms with Crippen LogP contribution in [0.4, 0.5) is 0 Å². The number of carbonyl (C=O) groups is 1. The Morgan fingerprint density at radius 3 is 2.24 bits per heavy atom. The minimum absolute atomic E-state index is 0.0429. The van der Waals surface area contributed by atoms with Gasteiger partial charge >= 0.3 is 0 Å². The first-order valence-electron chi connectivity index (χ1n) is 5.88. The molecule has 1 aliphatic rings. The van der Waals surface area contributed by atoms with Crippen LogP contribution in [-0.4, -0.2) is 10.8 Å². The lowest BCUT2D eigenvalue weighted by atomic mass is 9.96. The molecule has 0 aromatic heterocycles. The van der Waals surface area contributed by atoms with Crippen molar-refractivity contribution in [2.24, 2.45) is 11.8 Å². The van der Waals surface area contributed by atoms with Gasteiger partial charge in [0.25, 0.3) is 0 Å². The fourth-order valence-electron chi connectivity index (χ4n) is 2.18. The first-order chi connectivity index (χ1) is 8.13. The molecule has 88 valence electrons. The van der Waals surface area contributed by atoms with Crippen molar-refractivity contribution in [3.8, 4) is 6.07 Å². The van der Waals surface area contributed by atoms with E-state index < -0.39 is 5.92 Å². The third kappa shape index (κ3) is 2.16. The normalized spacial score (nSPS) is 15.5. The number of benzene rings is 1. The summed E-state index contributed by atoms with van der Waals surface area (Å²) in [7, 11) is 0. The summed E-state index contributed by atoms with van der Waals surface area (Å²) < 4.78 is 0. The highest BCUT2D eigenvalue weighted by Gasteiger charge is 2.30. The number of hydrogen-bond acceptors (Lipinski definition) is 2. The Balaban J connectivity index is 2.13. The number of hydrogen-bond donors (Lipinski definition) is 0. The van der Waals surface area contributed by atoms with Crippen LogP contribution in [0, 0.1) is 23.2 Å². The van der Waals surface area contributed by atoms with E-state index in [9.17, 15) is 4.79 Å². The van der Waals surface area contributed by atoms with Crippen molar-refractivity contribution >= 4 is 5.91 Å². The van der Waals surface area contributed by atoms with Crippen molar-refractivity contribution < 1.29 is 4.79 Å². The quantitative estimate of drug-likeness (QED) is 0.779. The molecule has 0 saturated heterocycles. The molecule has 1 aromatic rings. The summed E-state index contributed by atoms with van der Waals surface area (Å²) >= 11 is 0. The van der Waals surface area contributed by atoms with Crippen LogP contribution in [-0.2, 0) is 17.9 Å². The second kappa shape index (κ2) is 4.58. The molecule has 0 spiro atoms. The molecule has 1 aliphatic heterocycles. The average Bonchev–Trinajstić information content (AvgIpc) is 2.72. The van der Waals surface area contributed by atoms with Crippen molar-refractivity contribution in [3.63, 3.8) is 0 Å². The zero-order valence-electron chi connectivity index (χ0n) is 10.2. The molecule has 3 nitrogen and oxygen atoms in total. The highest BCUT2D eigenvalue weighted by molar-refractivity contribution is 5.82. The fraction of sp³-hybridized carbons (Fsp3) is 0.429. The summed E-state index contributed by atoms with van der Waals surface area (Å²) in [5.74, 6) is -0.501. The van der Waals surface area contributed by atoms with Gasteiger partial charge < -0.3 is 4.90 Å². The summed E-state index contributed by atoms with van der Waals surface area (Å²) in [5, 5.41) is 9.05. The molecule has 1 heterocycles. The molecule has 2 rings (SSSR count). The lowest BCUT2D eigenvalue weighted by Gasteiger charge is -2.20. The van der Waals surface area contributed by atoms with Crippen LogP contribution in [0.2, 0.25) is 0 Å². The summed E-state index contributed by atoms with van der Waals surface area (Å²) in [6.07, 6.45) is 0. The van der Waals surface area contributed by atoms with Gasteiger partial charge in [-0.15, -0.1) is 0 Å². The topological polar surface area (TPSA) is 44.1 Å². The molecule has 0 aliphatic carbocycles. The van der Waals surface area contributed by atoms with Gasteiger partial charge in [0.2, 0.25) is 5.91 Å². The van der Waals surface area contributed by atoms with Gasteiger partial charge in [0.05, 0.1) is 6.07 Å². The van der Waals surface area contributed by atoms with E-state index in [-0.39, 0.29) is 11.8 Å². The van der Waals surface area contributed by atoms with Gasteiger partial charge in [-0.25, -0.2) is 0 Å². The Morgan fingerprint density at radius 1 is 1.29 bits per heavy atom. The molecule has 1 amide bonds. The van der Waals surface area contributed by atoms with Crippen LogP contribution in [0.1, 0.15) is 25.0 Å². The second-order valence-corrected chi connectivity index (χ2v) is 4.81.